The van der Waals surface area contributed by atoms with Gasteiger partial charge >= 0.3 is 5.69 Å². The molecule has 0 aliphatic carbocycles. The number of nitrogens with zero attached hydrogens (tertiary/aromatic N) is 6. The van der Waals surface area contributed by atoms with Crippen molar-refractivity contribution in [3.8, 4) is 6.07 Å². The molecule has 0 amide bonds. The summed E-state index contributed by atoms with van der Waals surface area (Å²) in [5, 5.41) is 13.5. The molecule has 1 fully saturated rings. The summed E-state index contributed by atoms with van der Waals surface area (Å²) in [4.78, 5) is 26.3. The lowest BCUT2D eigenvalue weighted by Gasteiger charge is -2.35. The van der Waals surface area contributed by atoms with E-state index in [0.29, 0.717) is 32.1 Å². The van der Waals surface area contributed by atoms with Gasteiger partial charge in [-0.2, -0.15) is 10.4 Å². The first-order valence-electron chi connectivity index (χ1n) is 7.57. The van der Waals surface area contributed by atoms with Crippen molar-refractivity contribution in [3.05, 3.63) is 44.9 Å². The Balaban J connectivity index is 1.95. The molecule has 2 aromatic rings. The van der Waals surface area contributed by atoms with Crippen molar-refractivity contribution in [1.29, 1.82) is 5.26 Å². The molecule has 3 rings (SSSR count). The first kappa shape index (κ1) is 16.0. The van der Waals surface area contributed by atoms with Gasteiger partial charge in [0.15, 0.2) is 5.56 Å². The molecule has 0 radical (unpaired) electrons. The van der Waals surface area contributed by atoms with Gasteiger partial charge in [0.25, 0.3) is 5.56 Å². The van der Waals surface area contributed by atoms with E-state index in [1.165, 1.54) is 11.6 Å². The maximum Gasteiger partial charge on any atom is 0.332 e. The van der Waals surface area contributed by atoms with Crippen molar-refractivity contribution in [3.63, 3.8) is 0 Å². The van der Waals surface area contributed by atoms with E-state index in [4.69, 9.17) is 4.74 Å². The van der Waals surface area contributed by atoms with E-state index in [0.717, 1.165) is 4.57 Å². The lowest BCUT2D eigenvalue weighted by molar-refractivity contribution is 0.0269. The van der Waals surface area contributed by atoms with E-state index in [9.17, 15) is 14.9 Å². The summed E-state index contributed by atoms with van der Waals surface area (Å²) >= 11 is 0. The number of hydrogen-bond acceptors (Lipinski definition) is 6. The highest BCUT2D eigenvalue weighted by molar-refractivity contribution is 5.53. The third-order valence-corrected chi connectivity index (χ3v) is 4.13. The fourth-order valence-electron chi connectivity index (χ4n) is 2.94. The van der Waals surface area contributed by atoms with Crippen LogP contribution in [0.4, 0.5) is 5.82 Å². The van der Waals surface area contributed by atoms with Gasteiger partial charge in [0.05, 0.1) is 19.3 Å². The summed E-state index contributed by atoms with van der Waals surface area (Å²) in [6.07, 6.45) is 3.39. The average molecular weight is 330 g/mol. The molecule has 0 bridgehead atoms. The van der Waals surface area contributed by atoms with Crippen LogP contribution in [0.5, 0.6) is 0 Å². The van der Waals surface area contributed by atoms with E-state index >= 15 is 0 Å². The number of hydrogen-bond donors (Lipinski definition) is 0. The smallest absolute Gasteiger partial charge is 0.332 e. The maximum absolute atomic E-state index is 12.2. The molecule has 2 aromatic heterocycles. The summed E-state index contributed by atoms with van der Waals surface area (Å²) in [7, 11) is 2.94. The molecule has 0 unspecified atom stereocenters. The van der Waals surface area contributed by atoms with Crippen molar-refractivity contribution in [2.45, 2.75) is 12.6 Å². The van der Waals surface area contributed by atoms with E-state index < -0.39 is 11.2 Å². The summed E-state index contributed by atoms with van der Waals surface area (Å²) in [5.74, 6) is 0.347. The normalized spacial score (nSPS) is 17.7. The Morgan fingerprint density at radius 2 is 2.17 bits per heavy atom. The Labute approximate surface area is 137 Å². The fraction of sp³-hybridized carbons (Fsp3) is 0.467. The Morgan fingerprint density at radius 3 is 2.83 bits per heavy atom. The average Bonchev–Trinajstić information content (AvgIpc) is 3.09. The molecule has 9 nitrogen and oxygen atoms in total. The van der Waals surface area contributed by atoms with E-state index in [1.54, 1.807) is 17.9 Å². The highest BCUT2D eigenvalue weighted by Gasteiger charge is 2.27. The van der Waals surface area contributed by atoms with Gasteiger partial charge in [-0.25, -0.2) is 4.79 Å². The quantitative estimate of drug-likeness (QED) is 0.720. The first-order valence-corrected chi connectivity index (χ1v) is 7.57. The van der Waals surface area contributed by atoms with Crippen molar-refractivity contribution in [2.24, 2.45) is 14.1 Å². The molecule has 0 N–H and O–H groups in total. The number of ether oxygens (including phenoxy) is 1. The molecule has 0 aromatic carbocycles. The monoisotopic (exact) mass is 330 g/mol. The topological polar surface area (TPSA) is 98.1 Å². The Morgan fingerprint density at radius 1 is 1.38 bits per heavy atom. The lowest BCUT2D eigenvalue weighted by atomic mass is 10.2. The second-order valence-corrected chi connectivity index (χ2v) is 5.68. The minimum atomic E-state index is -0.578. The second-order valence-electron chi connectivity index (χ2n) is 5.68. The summed E-state index contributed by atoms with van der Waals surface area (Å²) in [6.45, 7) is 1.98. The largest absolute Gasteiger partial charge is 0.373 e. The molecule has 1 aliphatic rings. The van der Waals surface area contributed by atoms with Gasteiger partial charge in [-0.1, -0.05) is 0 Å². The maximum atomic E-state index is 12.2. The molecule has 3 heterocycles. The molecule has 1 aliphatic heterocycles. The molecule has 126 valence electrons. The third kappa shape index (κ3) is 2.72. The zero-order chi connectivity index (χ0) is 17.3. The van der Waals surface area contributed by atoms with Crippen molar-refractivity contribution in [1.82, 2.24) is 18.9 Å². The molecule has 1 atom stereocenters. The van der Waals surface area contributed by atoms with Gasteiger partial charge in [0.1, 0.15) is 11.9 Å². The molecule has 24 heavy (non-hydrogen) atoms. The Kier molecular flexibility index (Phi) is 4.22. The van der Waals surface area contributed by atoms with Crippen LogP contribution in [-0.4, -0.2) is 44.7 Å². The van der Waals surface area contributed by atoms with Crippen molar-refractivity contribution < 1.29 is 4.74 Å². The predicted octanol–water partition coefficient (Wildman–Crippen LogP) is -0.942. The Bertz CT molecular complexity index is 890. The summed E-state index contributed by atoms with van der Waals surface area (Å²) in [5.41, 5.74) is -1.06. The molecule has 0 spiro atoms. The lowest BCUT2D eigenvalue weighted by Crippen LogP contribution is -2.49. The van der Waals surface area contributed by atoms with Crippen LogP contribution < -0.4 is 16.1 Å². The standard InChI is InChI=1S/C15H18N6O3/c1-18-13(12(8-16)14(22)19(2)15(18)23)20-6-7-24-11(9-20)10-21-5-3-4-17-21/h3-5,11H,6-7,9-10H2,1-2H3/t11-/m1/s1. The zero-order valence-electron chi connectivity index (χ0n) is 13.5. The van der Waals surface area contributed by atoms with Crippen molar-refractivity contribution >= 4 is 5.82 Å². The summed E-state index contributed by atoms with van der Waals surface area (Å²) in [6, 6.07) is 3.77. The molecule has 9 heteroatoms. The molecular formula is C15H18N6O3. The minimum absolute atomic E-state index is 0.0284. The molecular weight excluding hydrogens is 312 g/mol. The van der Waals surface area contributed by atoms with Gasteiger partial charge < -0.3 is 9.64 Å². The fourth-order valence-corrected chi connectivity index (χ4v) is 2.94. The van der Waals surface area contributed by atoms with Crippen LogP contribution in [0.15, 0.2) is 28.0 Å². The SMILES string of the molecule is Cn1c(N2CCO[C@@H](Cn3cccn3)C2)c(C#N)c(=O)n(C)c1=O. The van der Waals surface area contributed by atoms with Crippen LogP contribution in [0.2, 0.25) is 0 Å². The highest BCUT2D eigenvalue weighted by Crippen LogP contribution is 2.18. The van der Waals surface area contributed by atoms with Crippen LogP contribution >= 0.6 is 0 Å². The van der Waals surface area contributed by atoms with Crippen molar-refractivity contribution in [2.75, 3.05) is 24.6 Å². The van der Waals surface area contributed by atoms with Crippen LogP contribution in [-0.2, 0) is 25.4 Å². The van der Waals surface area contributed by atoms with E-state index in [1.807, 2.05) is 23.2 Å². The third-order valence-electron chi connectivity index (χ3n) is 4.13. The van der Waals surface area contributed by atoms with Crippen LogP contribution in [0.25, 0.3) is 0 Å². The van der Waals surface area contributed by atoms with Gasteiger partial charge in [0.2, 0.25) is 0 Å². The second kappa shape index (κ2) is 6.33. The van der Waals surface area contributed by atoms with Gasteiger partial charge in [-0.3, -0.25) is 18.6 Å². The zero-order valence-corrected chi connectivity index (χ0v) is 13.5. The highest BCUT2D eigenvalue weighted by atomic mass is 16.5. The van der Waals surface area contributed by atoms with Crippen LogP contribution in [0, 0.1) is 11.3 Å². The molecule has 1 saturated heterocycles. The number of aromatic nitrogens is 4. The number of nitriles is 1. The van der Waals surface area contributed by atoms with Gasteiger partial charge in [-0.05, 0) is 6.07 Å². The number of anilines is 1. The van der Waals surface area contributed by atoms with Gasteiger partial charge in [0, 0.05) is 39.6 Å². The van der Waals surface area contributed by atoms with Crippen LogP contribution in [0.3, 0.4) is 0 Å². The predicted molar refractivity (Wildman–Crippen MR) is 85.8 cm³/mol. The summed E-state index contributed by atoms with van der Waals surface area (Å²) < 4.78 is 9.80. The first-order chi connectivity index (χ1) is 11.5. The van der Waals surface area contributed by atoms with E-state index in [-0.39, 0.29) is 11.7 Å². The van der Waals surface area contributed by atoms with Crippen LogP contribution in [0.1, 0.15) is 5.56 Å². The van der Waals surface area contributed by atoms with E-state index in [2.05, 4.69) is 5.10 Å². The molecule has 0 saturated carbocycles. The number of rotatable bonds is 3. The van der Waals surface area contributed by atoms with Gasteiger partial charge in [-0.15, -0.1) is 0 Å². The number of morpholine rings is 1. The minimum Gasteiger partial charge on any atom is -0.373 e. The Hall–Kier alpha value is -2.86.